The molecule has 3 N–H and O–H groups in total. The van der Waals surface area contributed by atoms with E-state index < -0.39 is 11.9 Å². The van der Waals surface area contributed by atoms with Crippen molar-refractivity contribution in [1.29, 1.82) is 5.26 Å². The molecule has 0 radical (unpaired) electrons. The van der Waals surface area contributed by atoms with Gasteiger partial charge in [0.05, 0.1) is 5.56 Å². The highest BCUT2D eigenvalue weighted by Crippen LogP contribution is 2.11. The summed E-state index contributed by atoms with van der Waals surface area (Å²) in [4.78, 5) is 22.9. The quantitative estimate of drug-likeness (QED) is 0.403. The lowest BCUT2D eigenvalue weighted by Gasteiger charge is -2.06. The number of carboxylic acids is 1. The molecule has 0 saturated carbocycles. The Morgan fingerprint density at radius 2 is 1.92 bits per heavy atom. The van der Waals surface area contributed by atoms with E-state index in [-0.39, 0.29) is 17.0 Å². The molecule has 2 aromatic rings. The van der Waals surface area contributed by atoms with Crippen LogP contribution in [0.5, 0.6) is 0 Å². The molecule has 2 aromatic carbocycles. The summed E-state index contributed by atoms with van der Waals surface area (Å²) in [6.45, 7) is 0.426. The Labute approximate surface area is 149 Å². The fourth-order valence-corrected chi connectivity index (χ4v) is 2.13. The molecule has 0 saturated heterocycles. The Kier molecular flexibility index (Phi) is 6.46. The Balaban J connectivity index is 1.90. The molecule has 1 amide bonds. The van der Waals surface area contributed by atoms with Gasteiger partial charge in [0, 0.05) is 18.4 Å². The van der Waals surface area contributed by atoms with E-state index in [0.29, 0.717) is 18.7 Å². The molecule has 0 aliphatic rings. The first kappa shape index (κ1) is 18.7. The number of nitrogens with zero attached hydrogens (tertiary/aromatic N) is 1. The van der Waals surface area contributed by atoms with Crippen LogP contribution in [0, 0.1) is 17.1 Å². The first-order valence-corrected chi connectivity index (χ1v) is 7.72. The number of carbonyl (C=O) groups excluding carboxylic acids is 1. The SMILES string of the molecule is N#C/C(=C/NCCc1cccc(F)c1)C(=O)Nc1ccc(C(=O)O)cc1. The number of nitrogens with one attached hydrogen (secondary N) is 2. The van der Waals surface area contributed by atoms with Crippen molar-refractivity contribution in [2.75, 3.05) is 11.9 Å². The van der Waals surface area contributed by atoms with Crippen LogP contribution in [0.15, 0.2) is 60.3 Å². The Hall–Kier alpha value is -3.66. The minimum atomic E-state index is -1.07. The zero-order valence-corrected chi connectivity index (χ0v) is 13.7. The average Bonchev–Trinajstić information content (AvgIpc) is 2.62. The van der Waals surface area contributed by atoms with Crippen LogP contribution in [0.3, 0.4) is 0 Å². The number of nitriles is 1. The van der Waals surface area contributed by atoms with Gasteiger partial charge in [-0.25, -0.2) is 9.18 Å². The Bertz CT molecular complexity index is 870. The van der Waals surface area contributed by atoms with Crippen molar-refractivity contribution in [3.05, 3.63) is 77.2 Å². The average molecular weight is 353 g/mol. The van der Waals surface area contributed by atoms with Crippen LogP contribution in [-0.4, -0.2) is 23.5 Å². The summed E-state index contributed by atoms with van der Waals surface area (Å²) in [7, 11) is 0. The molecule has 0 atom stereocenters. The number of hydrogen-bond donors (Lipinski definition) is 3. The minimum Gasteiger partial charge on any atom is -0.478 e. The van der Waals surface area contributed by atoms with Crippen LogP contribution in [0.4, 0.5) is 10.1 Å². The van der Waals surface area contributed by atoms with Gasteiger partial charge in [0.25, 0.3) is 5.91 Å². The number of carbonyl (C=O) groups is 2. The second-order valence-electron chi connectivity index (χ2n) is 5.34. The van der Waals surface area contributed by atoms with Crippen molar-refractivity contribution in [1.82, 2.24) is 5.32 Å². The molecule has 0 spiro atoms. The molecule has 26 heavy (non-hydrogen) atoms. The van der Waals surface area contributed by atoms with Crippen molar-refractivity contribution in [2.24, 2.45) is 0 Å². The Morgan fingerprint density at radius 1 is 1.19 bits per heavy atom. The summed E-state index contributed by atoms with van der Waals surface area (Å²) < 4.78 is 13.1. The predicted molar refractivity (Wildman–Crippen MR) is 93.8 cm³/mol. The second-order valence-corrected chi connectivity index (χ2v) is 5.34. The molecule has 0 unspecified atom stereocenters. The fourth-order valence-electron chi connectivity index (χ4n) is 2.13. The van der Waals surface area contributed by atoms with Crippen molar-refractivity contribution in [3.63, 3.8) is 0 Å². The van der Waals surface area contributed by atoms with Crippen LogP contribution in [0.2, 0.25) is 0 Å². The van der Waals surface area contributed by atoms with E-state index in [1.54, 1.807) is 18.2 Å². The van der Waals surface area contributed by atoms with E-state index in [0.717, 1.165) is 5.56 Å². The maximum absolute atomic E-state index is 13.1. The van der Waals surface area contributed by atoms with Gasteiger partial charge in [-0.15, -0.1) is 0 Å². The smallest absolute Gasteiger partial charge is 0.335 e. The first-order chi connectivity index (χ1) is 12.5. The van der Waals surface area contributed by atoms with Gasteiger partial charge in [-0.05, 0) is 48.4 Å². The molecule has 2 rings (SSSR count). The van der Waals surface area contributed by atoms with Gasteiger partial charge in [0.1, 0.15) is 17.5 Å². The lowest BCUT2D eigenvalue weighted by Crippen LogP contribution is -2.18. The summed E-state index contributed by atoms with van der Waals surface area (Å²) in [6, 6.07) is 13.6. The molecule has 7 heteroatoms. The Morgan fingerprint density at radius 3 is 2.54 bits per heavy atom. The lowest BCUT2D eigenvalue weighted by molar-refractivity contribution is -0.112. The predicted octanol–water partition coefficient (Wildman–Crippen LogP) is 2.70. The number of anilines is 1. The van der Waals surface area contributed by atoms with Gasteiger partial charge in [-0.1, -0.05) is 12.1 Å². The number of aromatic carboxylic acids is 1. The number of rotatable bonds is 7. The van der Waals surface area contributed by atoms with Gasteiger partial charge in [0.2, 0.25) is 0 Å². The molecule has 6 nitrogen and oxygen atoms in total. The number of halogens is 1. The fraction of sp³-hybridized carbons (Fsp3) is 0.105. The highest BCUT2D eigenvalue weighted by molar-refractivity contribution is 6.06. The summed E-state index contributed by atoms with van der Waals surface area (Å²) in [5.74, 6) is -2.00. The van der Waals surface area contributed by atoms with E-state index in [1.165, 1.54) is 42.6 Å². The monoisotopic (exact) mass is 353 g/mol. The summed E-state index contributed by atoms with van der Waals surface area (Å²) >= 11 is 0. The van der Waals surface area contributed by atoms with Gasteiger partial charge < -0.3 is 15.7 Å². The largest absolute Gasteiger partial charge is 0.478 e. The van der Waals surface area contributed by atoms with Gasteiger partial charge in [0.15, 0.2) is 0 Å². The van der Waals surface area contributed by atoms with Crippen LogP contribution in [0.1, 0.15) is 15.9 Å². The van der Waals surface area contributed by atoms with Gasteiger partial charge in [-0.3, -0.25) is 4.79 Å². The van der Waals surface area contributed by atoms with E-state index >= 15 is 0 Å². The van der Waals surface area contributed by atoms with Crippen molar-refractivity contribution in [3.8, 4) is 6.07 Å². The zero-order valence-electron chi connectivity index (χ0n) is 13.7. The van der Waals surface area contributed by atoms with Crippen LogP contribution < -0.4 is 10.6 Å². The van der Waals surface area contributed by atoms with E-state index in [1.807, 2.05) is 0 Å². The third-order valence-corrected chi connectivity index (χ3v) is 3.45. The van der Waals surface area contributed by atoms with Crippen molar-refractivity contribution >= 4 is 17.6 Å². The molecule has 0 fully saturated rings. The third-order valence-electron chi connectivity index (χ3n) is 3.45. The maximum atomic E-state index is 13.1. The highest BCUT2D eigenvalue weighted by Gasteiger charge is 2.10. The molecule has 0 aromatic heterocycles. The molecule has 0 aliphatic heterocycles. The van der Waals surface area contributed by atoms with Crippen LogP contribution in [-0.2, 0) is 11.2 Å². The molecule has 0 aliphatic carbocycles. The summed E-state index contributed by atoms with van der Waals surface area (Å²) in [6.07, 6.45) is 1.82. The van der Waals surface area contributed by atoms with Crippen LogP contribution >= 0.6 is 0 Å². The summed E-state index contributed by atoms with van der Waals surface area (Å²) in [5, 5.41) is 23.3. The first-order valence-electron chi connectivity index (χ1n) is 7.72. The standard InChI is InChI=1S/C19H16FN3O3/c20-16-3-1-2-13(10-16)8-9-22-12-15(11-21)18(24)23-17-6-4-14(5-7-17)19(25)26/h1-7,10,12,22H,8-9H2,(H,23,24)(H,25,26)/b15-12-. The second kappa shape index (κ2) is 8.99. The topological polar surface area (TPSA) is 102 Å². The summed E-state index contributed by atoms with van der Waals surface area (Å²) in [5.41, 5.74) is 1.14. The zero-order chi connectivity index (χ0) is 18.9. The van der Waals surface area contributed by atoms with Crippen molar-refractivity contribution < 1.29 is 19.1 Å². The molecule has 0 bridgehead atoms. The van der Waals surface area contributed by atoms with E-state index in [4.69, 9.17) is 10.4 Å². The van der Waals surface area contributed by atoms with Crippen LogP contribution in [0.25, 0.3) is 0 Å². The number of hydrogen-bond acceptors (Lipinski definition) is 4. The number of amides is 1. The third kappa shape index (κ3) is 5.46. The molecule has 0 heterocycles. The molecule has 132 valence electrons. The number of carboxylic acid groups (broad SMARTS) is 1. The lowest BCUT2D eigenvalue weighted by atomic mass is 10.1. The highest BCUT2D eigenvalue weighted by atomic mass is 19.1. The van der Waals surface area contributed by atoms with E-state index in [2.05, 4.69) is 10.6 Å². The normalized spacial score (nSPS) is 10.7. The van der Waals surface area contributed by atoms with Gasteiger partial charge >= 0.3 is 5.97 Å². The molecular formula is C19H16FN3O3. The van der Waals surface area contributed by atoms with Crippen molar-refractivity contribution in [2.45, 2.75) is 6.42 Å². The molecular weight excluding hydrogens is 337 g/mol. The number of benzene rings is 2. The van der Waals surface area contributed by atoms with Gasteiger partial charge in [-0.2, -0.15) is 5.26 Å². The van der Waals surface area contributed by atoms with E-state index in [9.17, 15) is 14.0 Å². The minimum absolute atomic E-state index is 0.0954. The maximum Gasteiger partial charge on any atom is 0.335 e.